The van der Waals surface area contributed by atoms with Gasteiger partial charge in [-0.3, -0.25) is 0 Å². The van der Waals surface area contributed by atoms with Crippen molar-refractivity contribution >= 4 is 0 Å². The summed E-state index contributed by atoms with van der Waals surface area (Å²) in [5.74, 6) is -2.01. The maximum atomic E-state index is 9.02. The van der Waals surface area contributed by atoms with Crippen molar-refractivity contribution in [1.29, 1.82) is 0 Å². The van der Waals surface area contributed by atoms with E-state index in [0.717, 1.165) is 12.1 Å². The van der Waals surface area contributed by atoms with Crippen molar-refractivity contribution in [2.45, 2.75) is 6.29 Å². The van der Waals surface area contributed by atoms with Gasteiger partial charge in [0.25, 0.3) is 0 Å². The van der Waals surface area contributed by atoms with Gasteiger partial charge in [-0.15, -0.1) is 0 Å². The van der Waals surface area contributed by atoms with Crippen LogP contribution in [0.15, 0.2) is 12.1 Å². The number of hydrogen-bond acceptors (Lipinski definition) is 5. The van der Waals surface area contributed by atoms with E-state index in [9.17, 15) is 0 Å². The molecule has 0 heterocycles. The Balaban J connectivity index is 3.27. The Morgan fingerprint density at radius 3 is 2.00 bits per heavy atom. The molecule has 1 rings (SSSR count). The summed E-state index contributed by atoms with van der Waals surface area (Å²) in [6.45, 7) is 0. The minimum Gasteiger partial charge on any atom is -0.504 e. The van der Waals surface area contributed by atoms with Crippen LogP contribution in [0.4, 0.5) is 0 Å². The fourth-order valence-corrected chi connectivity index (χ4v) is 0.793. The van der Waals surface area contributed by atoms with Crippen LogP contribution in [-0.2, 0) is 0 Å². The van der Waals surface area contributed by atoms with E-state index in [-0.39, 0.29) is 5.56 Å². The predicted molar refractivity (Wildman–Crippen MR) is 38.6 cm³/mol. The second kappa shape index (κ2) is 2.88. The molecule has 0 spiro atoms. The first-order valence-corrected chi connectivity index (χ1v) is 3.14. The molecule has 66 valence electrons. The number of aromatic hydroxyl groups is 3. The van der Waals surface area contributed by atoms with Gasteiger partial charge >= 0.3 is 0 Å². The van der Waals surface area contributed by atoms with Crippen molar-refractivity contribution in [1.82, 2.24) is 0 Å². The van der Waals surface area contributed by atoms with Crippen LogP contribution in [0.25, 0.3) is 0 Å². The van der Waals surface area contributed by atoms with E-state index < -0.39 is 23.5 Å². The Morgan fingerprint density at radius 1 is 0.917 bits per heavy atom. The molecule has 0 atom stereocenters. The minimum absolute atomic E-state index is 0.259. The molecule has 5 N–H and O–H groups in total. The van der Waals surface area contributed by atoms with Crippen molar-refractivity contribution in [3.63, 3.8) is 0 Å². The van der Waals surface area contributed by atoms with Crippen LogP contribution < -0.4 is 0 Å². The van der Waals surface area contributed by atoms with Crippen molar-refractivity contribution in [2.75, 3.05) is 0 Å². The second-order valence-electron chi connectivity index (χ2n) is 2.24. The topological polar surface area (TPSA) is 101 Å². The molecule has 0 fully saturated rings. The lowest BCUT2D eigenvalue weighted by atomic mass is 10.1. The molecule has 5 nitrogen and oxygen atoms in total. The Morgan fingerprint density at radius 2 is 1.50 bits per heavy atom. The Labute approximate surface area is 67.8 Å². The third-order valence-electron chi connectivity index (χ3n) is 1.44. The van der Waals surface area contributed by atoms with Crippen LogP contribution >= 0.6 is 0 Å². The zero-order valence-corrected chi connectivity index (χ0v) is 5.97. The predicted octanol–water partition coefficient (Wildman–Crippen LogP) is -0.213. The molecule has 0 aliphatic rings. The Kier molecular flexibility index (Phi) is 2.07. The van der Waals surface area contributed by atoms with Crippen molar-refractivity contribution in [3.05, 3.63) is 17.7 Å². The van der Waals surface area contributed by atoms with Crippen LogP contribution in [0.1, 0.15) is 11.9 Å². The minimum atomic E-state index is -1.88. The van der Waals surface area contributed by atoms with E-state index in [0.29, 0.717) is 0 Å². The van der Waals surface area contributed by atoms with E-state index in [1.807, 2.05) is 0 Å². The van der Waals surface area contributed by atoms with Crippen LogP contribution in [0, 0.1) is 0 Å². The molecule has 0 saturated carbocycles. The van der Waals surface area contributed by atoms with Gasteiger partial charge in [-0.1, -0.05) is 0 Å². The number of benzene rings is 1. The van der Waals surface area contributed by atoms with Crippen molar-refractivity contribution in [3.8, 4) is 17.2 Å². The summed E-state index contributed by atoms with van der Waals surface area (Å²) in [6.07, 6.45) is -1.88. The number of aliphatic hydroxyl groups is 2. The molecule has 0 aliphatic carbocycles. The van der Waals surface area contributed by atoms with Gasteiger partial charge in [0.15, 0.2) is 17.8 Å². The van der Waals surface area contributed by atoms with Gasteiger partial charge in [0.1, 0.15) is 0 Å². The maximum absolute atomic E-state index is 9.02. The van der Waals surface area contributed by atoms with Gasteiger partial charge in [-0.2, -0.15) is 0 Å². The van der Waals surface area contributed by atoms with Gasteiger partial charge in [0.05, 0.1) is 5.56 Å². The molecule has 0 radical (unpaired) electrons. The number of phenols is 3. The molecule has 0 aliphatic heterocycles. The molecule has 0 bridgehead atoms. The van der Waals surface area contributed by atoms with Gasteiger partial charge in [-0.25, -0.2) is 0 Å². The fourth-order valence-electron chi connectivity index (χ4n) is 0.793. The molecule has 5 heteroatoms. The number of hydrogen-bond donors (Lipinski definition) is 5. The largest absolute Gasteiger partial charge is 0.504 e. The molecular weight excluding hydrogens is 164 g/mol. The summed E-state index contributed by atoms with van der Waals surface area (Å²) in [5.41, 5.74) is -0.259. The first-order valence-electron chi connectivity index (χ1n) is 3.14. The zero-order valence-electron chi connectivity index (χ0n) is 5.97. The third kappa shape index (κ3) is 1.27. The first-order chi connectivity index (χ1) is 5.54. The average molecular weight is 172 g/mol. The summed E-state index contributed by atoms with van der Waals surface area (Å²) in [4.78, 5) is 0. The number of phenolic OH excluding ortho intramolecular Hbond substituents is 3. The smallest absolute Gasteiger partial charge is 0.200 e. The van der Waals surface area contributed by atoms with Gasteiger partial charge in [0.2, 0.25) is 5.75 Å². The standard InChI is InChI=1S/C7H8O5/c8-4-2-1-3(7(11)12)5(9)6(4)10/h1-2,7-12H. The molecule has 0 amide bonds. The van der Waals surface area contributed by atoms with Crippen LogP contribution in [0.3, 0.4) is 0 Å². The van der Waals surface area contributed by atoms with Crippen LogP contribution in [0.5, 0.6) is 17.2 Å². The Bertz CT molecular complexity index is 294. The van der Waals surface area contributed by atoms with Gasteiger partial charge < -0.3 is 25.5 Å². The SMILES string of the molecule is Oc1ccc(C(O)O)c(O)c1O. The zero-order chi connectivity index (χ0) is 9.30. The molecule has 12 heavy (non-hydrogen) atoms. The van der Waals surface area contributed by atoms with Crippen molar-refractivity contribution < 1.29 is 25.5 Å². The quantitative estimate of drug-likeness (QED) is 0.298. The maximum Gasteiger partial charge on any atom is 0.200 e. The summed E-state index contributed by atoms with van der Waals surface area (Å²) in [5, 5.41) is 44.0. The average Bonchev–Trinajstić information content (AvgIpc) is 2.00. The van der Waals surface area contributed by atoms with Crippen LogP contribution in [-0.4, -0.2) is 25.5 Å². The summed E-state index contributed by atoms with van der Waals surface area (Å²) < 4.78 is 0. The molecule has 1 aromatic rings. The van der Waals surface area contributed by atoms with Gasteiger partial charge in [0, 0.05) is 0 Å². The Hall–Kier alpha value is -1.46. The van der Waals surface area contributed by atoms with E-state index >= 15 is 0 Å². The lowest BCUT2D eigenvalue weighted by Gasteiger charge is -2.08. The number of rotatable bonds is 1. The normalized spacial score (nSPS) is 10.6. The molecule has 0 unspecified atom stereocenters. The first kappa shape index (κ1) is 8.63. The summed E-state index contributed by atoms with van der Waals surface area (Å²) in [6, 6.07) is 2.14. The highest BCUT2D eigenvalue weighted by Crippen LogP contribution is 2.38. The lowest BCUT2D eigenvalue weighted by Crippen LogP contribution is -1.94. The summed E-state index contributed by atoms with van der Waals surface area (Å²) in [7, 11) is 0. The highest BCUT2D eigenvalue weighted by molar-refractivity contribution is 5.53. The van der Waals surface area contributed by atoms with Crippen molar-refractivity contribution in [2.24, 2.45) is 0 Å². The lowest BCUT2D eigenvalue weighted by molar-refractivity contribution is -0.0441. The highest BCUT2D eigenvalue weighted by Gasteiger charge is 2.14. The monoisotopic (exact) mass is 172 g/mol. The summed E-state index contributed by atoms with van der Waals surface area (Å²) >= 11 is 0. The van der Waals surface area contributed by atoms with E-state index in [1.165, 1.54) is 0 Å². The van der Waals surface area contributed by atoms with E-state index in [2.05, 4.69) is 0 Å². The molecule has 0 aromatic heterocycles. The molecule has 0 saturated heterocycles. The fraction of sp³-hybridized carbons (Fsp3) is 0.143. The molecular formula is C7H8O5. The highest BCUT2D eigenvalue weighted by atomic mass is 16.5. The number of aliphatic hydroxyl groups excluding tert-OH is 1. The van der Waals surface area contributed by atoms with Crippen LogP contribution in [0.2, 0.25) is 0 Å². The van der Waals surface area contributed by atoms with E-state index in [4.69, 9.17) is 25.5 Å². The van der Waals surface area contributed by atoms with Gasteiger partial charge in [-0.05, 0) is 12.1 Å². The molecule has 1 aromatic carbocycles. The third-order valence-corrected chi connectivity index (χ3v) is 1.44. The second-order valence-corrected chi connectivity index (χ2v) is 2.24. The van der Waals surface area contributed by atoms with E-state index in [1.54, 1.807) is 0 Å².